The maximum Gasteiger partial charge on any atom is 0.331 e. The molecule has 26 heavy (non-hydrogen) atoms. The fourth-order valence-electron chi connectivity index (χ4n) is 3.02. The van der Waals surface area contributed by atoms with Crippen molar-refractivity contribution in [2.75, 3.05) is 0 Å². The van der Waals surface area contributed by atoms with Gasteiger partial charge in [0.05, 0.1) is 11.2 Å². The van der Waals surface area contributed by atoms with Crippen molar-refractivity contribution >= 4 is 23.2 Å². The zero-order chi connectivity index (χ0) is 19.1. The highest BCUT2D eigenvalue weighted by molar-refractivity contribution is 6.30. The minimum absolute atomic E-state index is 0.363. The van der Waals surface area contributed by atoms with Crippen molar-refractivity contribution in [2.45, 2.75) is 19.4 Å². The third kappa shape index (κ3) is 3.22. The Balaban J connectivity index is 2.20. The molecule has 0 spiro atoms. The highest BCUT2D eigenvalue weighted by Crippen LogP contribution is 2.25. The zero-order valence-electron chi connectivity index (χ0n) is 14.7. The monoisotopic (exact) mass is 388 g/mol. The standard InChI is InChI=1S/C20H18Cl2N2O2/c1-20(2,14-6-10-16(22)11-7-14)24-18(25)12-17(23(3)19(24)26)13-4-8-15(21)9-5-13/h4-12H,1-3H3. The summed E-state index contributed by atoms with van der Waals surface area (Å²) in [5.74, 6) is 0. The Morgan fingerprint density at radius 2 is 1.35 bits per heavy atom. The Bertz CT molecular complexity index is 1060. The van der Waals surface area contributed by atoms with Crippen LogP contribution in [0.25, 0.3) is 11.3 Å². The highest BCUT2D eigenvalue weighted by Gasteiger charge is 2.27. The Labute approximate surface area is 161 Å². The van der Waals surface area contributed by atoms with Crippen LogP contribution in [0.5, 0.6) is 0 Å². The van der Waals surface area contributed by atoms with Gasteiger partial charge in [0.1, 0.15) is 0 Å². The first kappa shape index (κ1) is 18.5. The van der Waals surface area contributed by atoms with Gasteiger partial charge in [0.15, 0.2) is 0 Å². The molecule has 3 aromatic rings. The zero-order valence-corrected chi connectivity index (χ0v) is 16.2. The van der Waals surface area contributed by atoms with E-state index in [4.69, 9.17) is 23.2 Å². The van der Waals surface area contributed by atoms with Gasteiger partial charge in [-0.2, -0.15) is 0 Å². The van der Waals surface area contributed by atoms with Gasteiger partial charge in [0, 0.05) is 23.2 Å². The molecule has 134 valence electrons. The normalized spacial score (nSPS) is 11.6. The van der Waals surface area contributed by atoms with Gasteiger partial charge in [-0.05, 0) is 49.2 Å². The van der Waals surface area contributed by atoms with Gasteiger partial charge >= 0.3 is 5.69 Å². The van der Waals surface area contributed by atoms with Gasteiger partial charge in [-0.25, -0.2) is 4.79 Å². The molecule has 0 aliphatic rings. The minimum Gasteiger partial charge on any atom is -0.296 e. The molecule has 0 aliphatic heterocycles. The third-order valence-corrected chi connectivity index (χ3v) is 5.07. The van der Waals surface area contributed by atoms with Crippen LogP contribution in [0, 0.1) is 0 Å². The molecule has 0 saturated carbocycles. The molecule has 2 aromatic carbocycles. The van der Waals surface area contributed by atoms with E-state index in [0.29, 0.717) is 15.7 Å². The summed E-state index contributed by atoms with van der Waals surface area (Å²) in [6, 6.07) is 15.6. The van der Waals surface area contributed by atoms with Gasteiger partial charge < -0.3 is 0 Å². The van der Waals surface area contributed by atoms with Crippen LogP contribution in [0.1, 0.15) is 19.4 Å². The maximum absolute atomic E-state index is 13.0. The quantitative estimate of drug-likeness (QED) is 0.670. The predicted octanol–water partition coefficient (Wildman–Crippen LogP) is 4.30. The molecule has 0 N–H and O–H groups in total. The second-order valence-electron chi connectivity index (χ2n) is 6.62. The van der Waals surface area contributed by atoms with E-state index in [1.165, 1.54) is 15.2 Å². The van der Waals surface area contributed by atoms with Crippen molar-refractivity contribution in [3.8, 4) is 11.3 Å². The second kappa shape index (κ2) is 6.78. The Morgan fingerprint density at radius 3 is 1.88 bits per heavy atom. The molecule has 0 aliphatic carbocycles. The van der Waals surface area contributed by atoms with Gasteiger partial charge in [0.25, 0.3) is 5.56 Å². The topological polar surface area (TPSA) is 44.0 Å². The van der Waals surface area contributed by atoms with Crippen LogP contribution in [0.4, 0.5) is 0 Å². The SMILES string of the molecule is Cn1c(-c2ccc(Cl)cc2)cc(=O)n(C(C)(C)c2ccc(Cl)cc2)c1=O. The van der Waals surface area contributed by atoms with E-state index in [0.717, 1.165) is 11.1 Å². The van der Waals surface area contributed by atoms with E-state index in [9.17, 15) is 9.59 Å². The van der Waals surface area contributed by atoms with Gasteiger partial charge in [-0.1, -0.05) is 47.5 Å². The first-order valence-electron chi connectivity index (χ1n) is 8.07. The third-order valence-electron chi connectivity index (χ3n) is 4.57. The summed E-state index contributed by atoms with van der Waals surface area (Å²) >= 11 is 11.9. The molecule has 0 saturated heterocycles. The summed E-state index contributed by atoms with van der Waals surface area (Å²) in [5, 5.41) is 1.19. The average molecular weight is 389 g/mol. The molecular formula is C20H18Cl2N2O2. The number of nitrogens with zero attached hydrogens (tertiary/aromatic N) is 2. The fraction of sp³-hybridized carbons (Fsp3) is 0.200. The van der Waals surface area contributed by atoms with Crippen LogP contribution < -0.4 is 11.2 Å². The molecule has 3 rings (SSSR count). The lowest BCUT2D eigenvalue weighted by Crippen LogP contribution is -2.49. The first-order valence-corrected chi connectivity index (χ1v) is 8.83. The van der Waals surface area contributed by atoms with Gasteiger partial charge in [0.2, 0.25) is 0 Å². The molecule has 0 atom stereocenters. The van der Waals surface area contributed by atoms with E-state index in [1.807, 2.05) is 26.0 Å². The van der Waals surface area contributed by atoms with Crippen LogP contribution in [0.15, 0.2) is 64.2 Å². The van der Waals surface area contributed by atoms with Crippen molar-refractivity contribution in [3.05, 3.63) is 91.0 Å². The molecule has 0 radical (unpaired) electrons. The van der Waals surface area contributed by atoms with Crippen LogP contribution in [-0.4, -0.2) is 9.13 Å². The maximum atomic E-state index is 13.0. The Hall–Kier alpha value is -2.30. The Morgan fingerprint density at radius 1 is 0.846 bits per heavy atom. The summed E-state index contributed by atoms with van der Waals surface area (Å²) in [7, 11) is 1.65. The van der Waals surface area contributed by atoms with Crippen LogP contribution in [0.2, 0.25) is 10.0 Å². The smallest absolute Gasteiger partial charge is 0.296 e. The predicted molar refractivity (Wildman–Crippen MR) is 106 cm³/mol. The summed E-state index contributed by atoms with van der Waals surface area (Å²) in [4.78, 5) is 25.8. The van der Waals surface area contributed by atoms with Crippen LogP contribution in [-0.2, 0) is 12.6 Å². The number of rotatable bonds is 3. The number of hydrogen-bond acceptors (Lipinski definition) is 2. The van der Waals surface area contributed by atoms with Crippen molar-refractivity contribution < 1.29 is 0 Å². The van der Waals surface area contributed by atoms with E-state index in [-0.39, 0.29) is 11.2 Å². The van der Waals surface area contributed by atoms with Crippen LogP contribution >= 0.6 is 23.2 Å². The largest absolute Gasteiger partial charge is 0.331 e. The molecule has 0 amide bonds. The number of hydrogen-bond donors (Lipinski definition) is 0. The van der Waals surface area contributed by atoms with Crippen molar-refractivity contribution in [1.29, 1.82) is 0 Å². The van der Waals surface area contributed by atoms with Gasteiger partial charge in [-0.3, -0.25) is 13.9 Å². The Kier molecular flexibility index (Phi) is 4.82. The number of halogens is 2. The van der Waals surface area contributed by atoms with E-state index < -0.39 is 5.54 Å². The number of benzene rings is 2. The summed E-state index contributed by atoms with van der Waals surface area (Å²) < 4.78 is 2.73. The average Bonchev–Trinajstić information content (AvgIpc) is 2.59. The molecule has 0 bridgehead atoms. The van der Waals surface area contributed by atoms with Crippen LogP contribution in [0.3, 0.4) is 0 Å². The summed E-state index contributed by atoms with van der Waals surface area (Å²) in [5.41, 5.74) is 0.540. The molecule has 6 heteroatoms. The number of aromatic nitrogens is 2. The first-order chi connectivity index (χ1) is 12.2. The van der Waals surface area contributed by atoms with E-state index in [2.05, 4.69) is 0 Å². The molecule has 1 aromatic heterocycles. The summed E-state index contributed by atoms with van der Waals surface area (Å²) in [6.07, 6.45) is 0. The fourth-order valence-corrected chi connectivity index (χ4v) is 3.28. The lowest BCUT2D eigenvalue weighted by Gasteiger charge is -2.28. The van der Waals surface area contributed by atoms with E-state index >= 15 is 0 Å². The van der Waals surface area contributed by atoms with Gasteiger partial charge in [-0.15, -0.1) is 0 Å². The molecule has 4 nitrogen and oxygen atoms in total. The van der Waals surface area contributed by atoms with E-state index in [1.54, 1.807) is 43.4 Å². The minimum atomic E-state index is -0.824. The lowest BCUT2D eigenvalue weighted by molar-refractivity contribution is 0.393. The second-order valence-corrected chi connectivity index (χ2v) is 7.49. The van der Waals surface area contributed by atoms with Crippen molar-refractivity contribution in [1.82, 2.24) is 9.13 Å². The summed E-state index contributed by atoms with van der Waals surface area (Å²) in [6.45, 7) is 3.67. The molecular weight excluding hydrogens is 371 g/mol. The molecule has 1 heterocycles. The van der Waals surface area contributed by atoms with Crippen molar-refractivity contribution in [3.63, 3.8) is 0 Å². The highest BCUT2D eigenvalue weighted by atomic mass is 35.5. The van der Waals surface area contributed by atoms with Crippen molar-refractivity contribution in [2.24, 2.45) is 7.05 Å². The lowest BCUT2D eigenvalue weighted by atomic mass is 9.94. The molecule has 0 fully saturated rings. The molecule has 0 unspecified atom stereocenters.